The van der Waals surface area contributed by atoms with Crippen molar-refractivity contribution in [1.82, 2.24) is 5.32 Å². The molecule has 0 heterocycles. The van der Waals surface area contributed by atoms with Crippen molar-refractivity contribution < 1.29 is 15.0 Å². The van der Waals surface area contributed by atoms with Gasteiger partial charge in [-0.3, -0.25) is 4.79 Å². The van der Waals surface area contributed by atoms with Crippen molar-refractivity contribution in [1.29, 1.82) is 0 Å². The molecule has 0 radical (unpaired) electrons. The van der Waals surface area contributed by atoms with Gasteiger partial charge in [0.15, 0.2) is 0 Å². The van der Waals surface area contributed by atoms with Crippen molar-refractivity contribution >= 4 is 5.97 Å². The minimum Gasteiger partial charge on any atom is -0.480 e. The van der Waals surface area contributed by atoms with Crippen molar-refractivity contribution in [3.63, 3.8) is 0 Å². The summed E-state index contributed by atoms with van der Waals surface area (Å²) in [5, 5.41) is 20.5. The van der Waals surface area contributed by atoms with E-state index in [1.54, 1.807) is 20.8 Å². The Morgan fingerprint density at radius 1 is 1.58 bits per heavy atom. The van der Waals surface area contributed by atoms with Gasteiger partial charge in [-0.25, -0.2) is 0 Å². The largest absolute Gasteiger partial charge is 0.480 e. The number of carbonyl (C=O) groups is 1. The smallest absolute Gasteiger partial charge is 0.320 e. The maximum atomic E-state index is 10.3. The average molecular weight is 175 g/mol. The second-order valence-corrected chi connectivity index (χ2v) is 3.58. The topological polar surface area (TPSA) is 69.6 Å². The third kappa shape index (κ3) is 6.12. The number of carboxylic acids is 1. The average Bonchev–Trinajstić information content (AvgIpc) is 1.84. The standard InChI is InChI=1S/C8H17NO3/c1-6(7(10)11)9-5-4-8(2,3)12/h6,9,12H,4-5H2,1-3H3,(H,10,11). The molecule has 0 aromatic heterocycles. The van der Waals surface area contributed by atoms with E-state index in [0.29, 0.717) is 13.0 Å². The van der Waals surface area contributed by atoms with Crippen molar-refractivity contribution in [2.45, 2.75) is 38.8 Å². The summed E-state index contributed by atoms with van der Waals surface area (Å²) in [6.45, 7) is 5.48. The maximum absolute atomic E-state index is 10.3. The lowest BCUT2D eigenvalue weighted by atomic mass is 10.1. The molecule has 0 aliphatic heterocycles. The van der Waals surface area contributed by atoms with Crippen LogP contribution in [0.5, 0.6) is 0 Å². The van der Waals surface area contributed by atoms with Crippen LogP contribution in [0.2, 0.25) is 0 Å². The highest BCUT2D eigenvalue weighted by Gasteiger charge is 2.14. The molecule has 0 aromatic rings. The fourth-order valence-corrected chi connectivity index (χ4v) is 0.682. The zero-order chi connectivity index (χ0) is 9.78. The van der Waals surface area contributed by atoms with E-state index >= 15 is 0 Å². The summed E-state index contributed by atoms with van der Waals surface area (Å²) in [5.74, 6) is -0.870. The van der Waals surface area contributed by atoms with Crippen LogP contribution in [0, 0.1) is 0 Å². The molecule has 0 aromatic carbocycles. The highest BCUT2D eigenvalue weighted by atomic mass is 16.4. The van der Waals surface area contributed by atoms with Crippen molar-refractivity contribution in [3.8, 4) is 0 Å². The van der Waals surface area contributed by atoms with Gasteiger partial charge in [-0.15, -0.1) is 0 Å². The minimum absolute atomic E-state index is 0.511. The summed E-state index contributed by atoms with van der Waals surface area (Å²) in [6, 6.07) is -0.549. The fourth-order valence-electron chi connectivity index (χ4n) is 0.682. The monoisotopic (exact) mass is 175 g/mol. The lowest BCUT2D eigenvalue weighted by Crippen LogP contribution is -2.37. The van der Waals surface area contributed by atoms with E-state index in [1.807, 2.05) is 0 Å². The molecule has 1 atom stereocenters. The summed E-state index contributed by atoms with van der Waals surface area (Å²) in [7, 11) is 0. The Morgan fingerprint density at radius 2 is 2.08 bits per heavy atom. The molecule has 0 saturated carbocycles. The normalized spacial score (nSPS) is 14.3. The lowest BCUT2D eigenvalue weighted by Gasteiger charge is -2.18. The number of rotatable bonds is 5. The van der Waals surface area contributed by atoms with Gasteiger partial charge in [0.2, 0.25) is 0 Å². The van der Waals surface area contributed by atoms with Crippen molar-refractivity contribution in [2.75, 3.05) is 6.54 Å². The molecule has 0 saturated heterocycles. The van der Waals surface area contributed by atoms with Crippen LogP contribution in [0.1, 0.15) is 27.2 Å². The minimum atomic E-state index is -0.870. The first-order valence-corrected chi connectivity index (χ1v) is 4.01. The molecule has 12 heavy (non-hydrogen) atoms. The molecule has 0 amide bonds. The zero-order valence-corrected chi connectivity index (χ0v) is 7.79. The highest BCUT2D eigenvalue weighted by molar-refractivity contribution is 5.72. The molecule has 4 heteroatoms. The number of aliphatic hydroxyl groups is 1. The summed E-state index contributed by atoms with van der Waals surface area (Å²) in [4.78, 5) is 10.3. The summed E-state index contributed by atoms with van der Waals surface area (Å²) >= 11 is 0. The molecule has 0 fully saturated rings. The van der Waals surface area contributed by atoms with E-state index in [2.05, 4.69) is 5.32 Å². The van der Waals surface area contributed by atoms with Crippen LogP contribution in [-0.4, -0.2) is 34.4 Å². The number of nitrogens with one attached hydrogen (secondary N) is 1. The second kappa shape index (κ2) is 4.42. The van der Waals surface area contributed by atoms with Gasteiger partial charge >= 0.3 is 5.97 Å². The van der Waals surface area contributed by atoms with Crippen LogP contribution in [0.3, 0.4) is 0 Å². The third-order valence-corrected chi connectivity index (χ3v) is 1.56. The van der Waals surface area contributed by atoms with E-state index in [4.69, 9.17) is 5.11 Å². The molecule has 3 N–H and O–H groups in total. The number of aliphatic carboxylic acids is 1. The van der Waals surface area contributed by atoms with Gasteiger partial charge in [-0.05, 0) is 33.7 Å². The number of carboxylic acid groups (broad SMARTS) is 1. The van der Waals surface area contributed by atoms with Gasteiger partial charge in [0, 0.05) is 0 Å². The van der Waals surface area contributed by atoms with Crippen LogP contribution in [0.25, 0.3) is 0 Å². The van der Waals surface area contributed by atoms with Crippen LogP contribution in [0.15, 0.2) is 0 Å². The Morgan fingerprint density at radius 3 is 2.42 bits per heavy atom. The first-order chi connectivity index (χ1) is 5.33. The molecule has 4 nitrogen and oxygen atoms in total. The van der Waals surface area contributed by atoms with Crippen LogP contribution in [-0.2, 0) is 4.79 Å². The molecule has 1 unspecified atom stereocenters. The first-order valence-electron chi connectivity index (χ1n) is 4.01. The summed E-state index contributed by atoms with van der Waals surface area (Å²) in [5.41, 5.74) is -0.731. The van der Waals surface area contributed by atoms with Crippen LogP contribution >= 0.6 is 0 Å². The van der Waals surface area contributed by atoms with Crippen molar-refractivity contribution in [2.24, 2.45) is 0 Å². The Labute approximate surface area is 72.6 Å². The molecular formula is C8H17NO3. The summed E-state index contributed by atoms with van der Waals surface area (Å²) < 4.78 is 0. The number of hydrogen-bond donors (Lipinski definition) is 3. The van der Waals surface area contributed by atoms with E-state index < -0.39 is 17.6 Å². The SMILES string of the molecule is CC(NCCC(C)(C)O)C(=O)O. The van der Waals surface area contributed by atoms with E-state index in [1.165, 1.54) is 0 Å². The van der Waals surface area contributed by atoms with E-state index in [-0.39, 0.29) is 0 Å². The third-order valence-electron chi connectivity index (χ3n) is 1.56. The van der Waals surface area contributed by atoms with Gasteiger partial charge < -0.3 is 15.5 Å². The van der Waals surface area contributed by atoms with Crippen molar-refractivity contribution in [3.05, 3.63) is 0 Å². The molecule has 0 aliphatic carbocycles. The molecule has 0 aliphatic rings. The molecular weight excluding hydrogens is 158 g/mol. The zero-order valence-electron chi connectivity index (χ0n) is 7.79. The predicted molar refractivity (Wildman–Crippen MR) is 46.0 cm³/mol. The molecule has 0 spiro atoms. The van der Waals surface area contributed by atoms with E-state index in [0.717, 1.165) is 0 Å². The van der Waals surface area contributed by atoms with Gasteiger partial charge in [-0.2, -0.15) is 0 Å². The predicted octanol–water partition coefficient (Wildman–Crippen LogP) is 0.210. The van der Waals surface area contributed by atoms with Crippen LogP contribution in [0.4, 0.5) is 0 Å². The Balaban J connectivity index is 3.51. The first kappa shape index (κ1) is 11.4. The summed E-state index contributed by atoms with van der Waals surface area (Å²) in [6.07, 6.45) is 0.546. The molecule has 0 rings (SSSR count). The maximum Gasteiger partial charge on any atom is 0.320 e. The van der Waals surface area contributed by atoms with Crippen LogP contribution < -0.4 is 5.32 Å². The second-order valence-electron chi connectivity index (χ2n) is 3.58. The van der Waals surface area contributed by atoms with Gasteiger partial charge in [-0.1, -0.05) is 0 Å². The van der Waals surface area contributed by atoms with Gasteiger partial charge in [0.25, 0.3) is 0 Å². The lowest BCUT2D eigenvalue weighted by molar-refractivity contribution is -0.139. The highest BCUT2D eigenvalue weighted by Crippen LogP contribution is 2.05. The Bertz CT molecular complexity index is 151. The fraction of sp³-hybridized carbons (Fsp3) is 0.875. The molecule has 0 bridgehead atoms. The Kier molecular flexibility index (Phi) is 4.20. The van der Waals surface area contributed by atoms with Gasteiger partial charge in [0.1, 0.15) is 6.04 Å². The Hall–Kier alpha value is -0.610. The quantitative estimate of drug-likeness (QED) is 0.558. The molecule has 72 valence electrons. The van der Waals surface area contributed by atoms with E-state index in [9.17, 15) is 9.90 Å². The van der Waals surface area contributed by atoms with Gasteiger partial charge in [0.05, 0.1) is 5.60 Å². The number of hydrogen-bond acceptors (Lipinski definition) is 3.